The second-order valence-electron chi connectivity index (χ2n) is 5.01. The van der Waals surface area contributed by atoms with Gasteiger partial charge in [0, 0.05) is 13.1 Å². The van der Waals surface area contributed by atoms with Crippen LogP contribution in [0.5, 0.6) is 0 Å². The van der Waals surface area contributed by atoms with E-state index in [0.717, 1.165) is 5.56 Å². The molecule has 1 amide bonds. The van der Waals surface area contributed by atoms with Crippen LogP contribution in [0.15, 0.2) is 43.0 Å². The summed E-state index contributed by atoms with van der Waals surface area (Å²) >= 11 is 0. The van der Waals surface area contributed by atoms with Gasteiger partial charge in [0.2, 0.25) is 15.9 Å². The first-order chi connectivity index (χ1) is 10.9. The summed E-state index contributed by atoms with van der Waals surface area (Å²) < 4.78 is 31.5. The predicted molar refractivity (Wildman–Crippen MR) is 90.3 cm³/mol. The molecule has 6 nitrogen and oxygen atoms in total. The molecule has 0 aliphatic rings. The van der Waals surface area contributed by atoms with E-state index in [1.807, 2.05) is 30.3 Å². The van der Waals surface area contributed by atoms with Gasteiger partial charge in [0.15, 0.2) is 0 Å². The van der Waals surface area contributed by atoms with Gasteiger partial charge in [-0.1, -0.05) is 36.4 Å². The van der Waals surface area contributed by atoms with Crippen molar-refractivity contribution < 1.29 is 17.9 Å². The molecule has 23 heavy (non-hydrogen) atoms. The van der Waals surface area contributed by atoms with Crippen molar-refractivity contribution in [2.45, 2.75) is 26.0 Å². The minimum atomic E-state index is -3.44. The summed E-state index contributed by atoms with van der Waals surface area (Å²) in [5.74, 6) is -0.502. The fourth-order valence-electron chi connectivity index (χ4n) is 1.72. The van der Waals surface area contributed by atoms with E-state index in [2.05, 4.69) is 16.6 Å². The molecule has 7 heteroatoms. The van der Waals surface area contributed by atoms with Crippen molar-refractivity contribution in [2.75, 3.05) is 18.9 Å². The van der Waals surface area contributed by atoms with Gasteiger partial charge in [0.1, 0.15) is 6.10 Å². The van der Waals surface area contributed by atoms with Gasteiger partial charge in [-0.3, -0.25) is 4.79 Å². The average molecular weight is 340 g/mol. The molecule has 0 aliphatic carbocycles. The maximum absolute atomic E-state index is 11.9. The quantitative estimate of drug-likeness (QED) is 0.468. The smallest absolute Gasteiger partial charge is 0.248 e. The SMILES string of the molecule is C=CCCOC(C)C(=O)NCCS(=O)(=O)NCc1ccccc1. The van der Waals surface area contributed by atoms with Gasteiger partial charge < -0.3 is 10.1 Å². The Kier molecular flexibility index (Phi) is 8.53. The van der Waals surface area contributed by atoms with E-state index < -0.39 is 16.1 Å². The van der Waals surface area contributed by atoms with Crippen molar-refractivity contribution in [3.05, 3.63) is 48.6 Å². The lowest BCUT2D eigenvalue weighted by molar-refractivity contribution is -0.131. The van der Waals surface area contributed by atoms with Crippen LogP contribution in [0.1, 0.15) is 18.9 Å². The summed E-state index contributed by atoms with van der Waals surface area (Å²) in [6.07, 6.45) is 1.75. The molecule has 1 aromatic rings. The van der Waals surface area contributed by atoms with E-state index in [1.165, 1.54) is 0 Å². The standard InChI is InChI=1S/C16H24N2O4S/c1-3-4-11-22-14(2)16(19)17-10-12-23(20,21)18-13-15-8-6-5-7-9-15/h3,5-9,14,18H,1,4,10-13H2,2H3,(H,17,19). The molecule has 0 spiro atoms. The van der Waals surface area contributed by atoms with E-state index >= 15 is 0 Å². The largest absolute Gasteiger partial charge is 0.368 e. The number of rotatable bonds is 11. The number of carbonyl (C=O) groups excluding carboxylic acids is 1. The van der Waals surface area contributed by atoms with Crippen LogP contribution < -0.4 is 10.0 Å². The number of carbonyl (C=O) groups is 1. The molecule has 1 aromatic carbocycles. The first-order valence-corrected chi connectivity index (χ1v) is 9.11. The van der Waals surface area contributed by atoms with Crippen molar-refractivity contribution >= 4 is 15.9 Å². The second kappa shape index (κ2) is 10.1. The van der Waals surface area contributed by atoms with E-state index in [1.54, 1.807) is 13.0 Å². The van der Waals surface area contributed by atoms with Crippen LogP contribution in [0.3, 0.4) is 0 Å². The molecule has 0 aromatic heterocycles. The van der Waals surface area contributed by atoms with E-state index in [-0.39, 0.29) is 24.7 Å². The summed E-state index contributed by atoms with van der Waals surface area (Å²) in [5.41, 5.74) is 0.879. The molecule has 0 radical (unpaired) electrons. The Hall–Kier alpha value is -1.70. The van der Waals surface area contributed by atoms with Gasteiger partial charge in [0.25, 0.3) is 0 Å². The average Bonchev–Trinajstić information content (AvgIpc) is 2.54. The van der Waals surface area contributed by atoms with Gasteiger partial charge in [-0.2, -0.15) is 0 Å². The van der Waals surface area contributed by atoms with Crippen molar-refractivity contribution in [1.82, 2.24) is 10.0 Å². The molecular formula is C16H24N2O4S. The minimum Gasteiger partial charge on any atom is -0.368 e. The Balaban J connectivity index is 2.27. The highest BCUT2D eigenvalue weighted by molar-refractivity contribution is 7.89. The van der Waals surface area contributed by atoms with Crippen molar-refractivity contribution in [3.8, 4) is 0 Å². The number of nitrogens with one attached hydrogen (secondary N) is 2. The van der Waals surface area contributed by atoms with Crippen LogP contribution in [-0.2, 0) is 26.1 Å². The third-order valence-electron chi connectivity index (χ3n) is 3.07. The number of hydrogen-bond acceptors (Lipinski definition) is 4. The molecule has 0 bridgehead atoms. The van der Waals surface area contributed by atoms with Gasteiger partial charge in [-0.05, 0) is 18.9 Å². The van der Waals surface area contributed by atoms with Crippen molar-refractivity contribution in [3.63, 3.8) is 0 Å². The first-order valence-electron chi connectivity index (χ1n) is 7.46. The Labute approximate surface area is 138 Å². The topological polar surface area (TPSA) is 84.5 Å². The van der Waals surface area contributed by atoms with Crippen LogP contribution in [0.2, 0.25) is 0 Å². The number of sulfonamides is 1. The lowest BCUT2D eigenvalue weighted by Gasteiger charge is -2.13. The number of benzene rings is 1. The summed E-state index contributed by atoms with van der Waals surface area (Å²) in [7, 11) is -3.44. The Bertz CT molecular complexity index is 587. The Morgan fingerprint density at radius 1 is 1.35 bits per heavy atom. The molecule has 0 fully saturated rings. The predicted octanol–water partition coefficient (Wildman–Crippen LogP) is 1.20. The highest BCUT2D eigenvalue weighted by atomic mass is 32.2. The molecular weight excluding hydrogens is 316 g/mol. The maximum atomic E-state index is 11.9. The Morgan fingerprint density at radius 3 is 2.70 bits per heavy atom. The lowest BCUT2D eigenvalue weighted by Crippen LogP contribution is -2.39. The van der Waals surface area contributed by atoms with Crippen molar-refractivity contribution in [2.24, 2.45) is 0 Å². The highest BCUT2D eigenvalue weighted by Gasteiger charge is 2.15. The summed E-state index contributed by atoms with van der Waals surface area (Å²) in [6, 6.07) is 9.24. The number of amides is 1. The lowest BCUT2D eigenvalue weighted by atomic mass is 10.2. The molecule has 0 saturated carbocycles. The molecule has 2 N–H and O–H groups in total. The zero-order valence-electron chi connectivity index (χ0n) is 13.3. The van der Waals surface area contributed by atoms with E-state index in [4.69, 9.17) is 4.74 Å². The normalized spacial score (nSPS) is 12.6. The van der Waals surface area contributed by atoms with Crippen LogP contribution in [0, 0.1) is 0 Å². The zero-order valence-corrected chi connectivity index (χ0v) is 14.1. The number of ether oxygens (including phenoxy) is 1. The Morgan fingerprint density at radius 2 is 2.04 bits per heavy atom. The van der Waals surface area contributed by atoms with Gasteiger partial charge in [-0.15, -0.1) is 6.58 Å². The molecule has 1 unspecified atom stereocenters. The summed E-state index contributed by atoms with van der Waals surface area (Å²) in [6.45, 7) is 5.88. The maximum Gasteiger partial charge on any atom is 0.248 e. The molecule has 0 aliphatic heterocycles. The molecule has 1 rings (SSSR count). The molecule has 0 saturated heterocycles. The third-order valence-corrected chi connectivity index (χ3v) is 4.39. The van der Waals surface area contributed by atoms with Crippen LogP contribution in [-0.4, -0.2) is 39.3 Å². The van der Waals surface area contributed by atoms with Crippen LogP contribution in [0.25, 0.3) is 0 Å². The second-order valence-corrected chi connectivity index (χ2v) is 6.93. The van der Waals surface area contributed by atoms with Crippen LogP contribution in [0.4, 0.5) is 0 Å². The zero-order chi connectivity index (χ0) is 17.1. The minimum absolute atomic E-state index is 0.0398. The summed E-state index contributed by atoms with van der Waals surface area (Å²) in [5, 5.41) is 2.55. The number of hydrogen-bond donors (Lipinski definition) is 2. The molecule has 128 valence electrons. The fourth-order valence-corrected chi connectivity index (χ4v) is 2.62. The third kappa shape index (κ3) is 8.49. The summed E-state index contributed by atoms with van der Waals surface area (Å²) in [4.78, 5) is 11.7. The van der Waals surface area contributed by atoms with Gasteiger partial charge >= 0.3 is 0 Å². The van der Waals surface area contributed by atoms with Crippen LogP contribution >= 0.6 is 0 Å². The molecule has 0 heterocycles. The van der Waals surface area contributed by atoms with Crippen molar-refractivity contribution in [1.29, 1.82) is 0 Å². The first kappa shape index (κ1) is 19.3. The van der Waals surface area contributed by atoms with E-state index in [9.17, 15) is 13.2 Å². The van der Waals surface area contributed by atoms with Gasteiger partial charge in [-0.25, -0.2) is 13.1 Å². The molecule has 1 atom stereocenters. The highest BCUT2D eigenvalue weighted by Crippen LogP contribution is 1.99. The van der Waals surface area contributed by atoms with E-state index in [0.29, 0.717) is 13.0 Å². The fraction of sp³-hybridized carbons (Fsp3) is 0.438. The van der Waals surface area contributed by atoms with Gasteiger partial charge in [0.05, 0.1) is 12.4 Å². The monoisotopic (exact) mass is 340 g/mol.